The van der Waals surface area contributed by atoms with Gasteiger partial charge >= 0.3 is 0 Å². The molecule has 20 heavy (non-hydrogen) atoms. The van der Waals surface area contributed by atoms with Gasteiger partial charge in [-0.2, -0.15) is 5.10 Å². The third kappa shape index (κ3) is 3.31. The lowest BCUT2D eigenvalue weighted by molar-refractivity contribution is 0.387. The number of aromatic nitrogens is 2. The van der Waals surface area contributed by atoms with Crippen LogP contribution in [0.1, 0.15) is 24.7 Å². The Morgan fingerprint density at radius 1 is 1.50 bits per heavy atom. The molecule has 2 atom stereocenters. The highest BCUT2D eigenvalue weighted by Gasteiger charge is 2.34. The summed E-state index contributed by atoms with van der Waals surface area (Å²) in [5, 5.41) is 5.08. The Kier molecular flexibility index (Phi) is 5.03. The van der Waals surface area contributed by atoms with Gasteiger partial charge in [-0.1, -0.05) is 11.6 Å². The molecule has 2 unspecified atom stereocenters. The van der Waals surface area contributed by atoms with E-state index in [0.717, 1.165) is 17.9 Å². The van der Waals surface area contributed by atoms with E-state index in [2.05, 4.69) is 5.10 Å². The van der Waals surface area contributed by atoms with Crippen LogP contribution in [0.5, 0.6) is 0 Å². The third-order valence-electron chi connectivity index (χ3n) is 4.04. The van der Waals surface area contributed by atoms with Crippen molar-refractivity contribution in [2.24, 2.45) is 11.8 Å². The van der Waals surface area contributed by atoms with Crippen LogP contribution in [0.15, 0.2) is 0 Å². The average Bonchev–Trinajstić information content (AvgIpc) is 2.89. The van der Waals surface area contributed by atoms with Crippen LogP contribution in [0.2, 0.25) is 5.02 Å². The van der Waals surface area contributed by atoms with Crippen LogP contribution in [0.25, 0.3) is 0 Å². The summed E-state index contributed by atoms with van der Waals surface area (Å²) in [7, 11) is -2.88. The van der Waals surface area contributed by atoms with Gasteiger partial charge in [-0.25, -0.2) is 8.42 Å². The van der Waals surface area contributed by atoms with E-state index in [1.165, 1.54) is 0 Å². The van der Waals surface area contributed by atoms with Crippen molar-refractivity contribution in [2.45, 2.75) is 33.2 Å². The maximum Gasteiger partial charge on any atom is 0.150 e. The zero-order valence-corrected chi connectivity index (χ0v) is 14.1. The van der Waals surface area contributed by atoms with E-state index in [4.69, 9.17) is 23.2 Å². The van der Waals surface area contributed by atoms with Crippen molar-refractivity contribution in [1.82, 2.24) is 9.78 Å². The quantitative estimate of drug-likeness (QED) is 0.775. The summed E-state index contributed by atoms with van der Waals surface area (Å²) in [5.74, 6) is 1.25. The predicted molar refractivity (Wildman–Crippen MR) is 82.3 cm³/mol. The maximum atomic E-state index is 11.6. The summed E-state index contributed by atoms with van der Waals surface area (Å²) in [6.45, 7) is 4.65. The molecule has 1 aromatic heterocycles. The van der Waals surface area contributed by atoms with Gasteiger partial charge in [0.1, 0.15) is 0 Å². The van der Waals surface area contributed by atoms with Gasteiger partial charge in [0.05, 0.1) is 27.9 Å². The molecule has 0 spiro atoms. The zero-order chi connectivity index (χ0) is 14.9. The van der Waals surface area contributed by atoms with Crippen molar-refractivity contribution in [3.05, 3.63) is 16.4 Å². The minimum absolute atomic E-state index is 0.132. The minimum Gasteiger partial charge on any atom is -0.268 e. The molecule has 1 saturated heterocycles. The summed E-state index contributed by atoms with van der Waals surface area (Å²) >= 11 is 12.4. The standard InChI is InChI=1S/C13H20Cl2N2O2S/c1-3-17-12(13(15)9(2)16-17)6-11(7-14)10-4-5-20(18,19)8-10/h10-11H,3-8H2,1-2H3. The van der Waals surface area contributed by atoms with Crippen LogP contribution < -0.4 is 0 Å². The molecular weight excluding hydrogens is 319 g/mol. The van der Waals surface area contributed by atoms with Gasteiger partial charge in [0.25, 0.3) is 0 Å². The van der Waals surface area contributed by atoms with Gasteiger partial charge in [-0.15, -0.1) is 11.6 Å². The minimum atomic E-state index is -2.88. The van der Waals surface area contributed by atoms with Crippen LogP contribution in [0.3, 0.4) is 0 Å². The van der Waals surface area contributed by atoms with Crippen molar-refractivity contribution < 1.29 is 8.42 Å². The van der Waals surface area contributed by atoms with Crippen molar-refractivity contribution >= 4 is 33.0 Å². The van der Waals surface area contributed by atoms with Crippen molar-refractivity contribution in [1.29, 1.82) is 0 Å². The smallest absolute Gasteiger partial charge is 0.150 e. The Balaban J connectivity index is 2.19. The van der Waals surface area contributed by atoms with E-state index in [1.807, 2.05) is 18.5 Å². The molecule has 0 aliphatic carbocycles. The summed E-state index contributed by atoms with van der Waals surface area (Å²) in [4.78, 5) is 0. The number of halogens is 2. The molecule has 1 aromatic rings. The highest BCUT2D eigenvalue weighted by molar-refractivity contribution is 7.91. The maximum absolute atomic E-state index is 11.6. The third-order valence-corrected chi connectivity index (χ3v) is 6.72. The van der Waals surface area contributed by atoms with E-state index >= 15 is 0 Å². The molecule has 2 rings (SSSR count). The van der Waals surface area contributed by atoms with Crippen LogP contribution in [0, 0.1) is 18.8 Å². The molecule has 0 N–H and O–H groups in total. The molecule has 0 aromatic carbocycles. The SMILES string of the molecule is CCn1nc(C)c(Cl)c1CC(CCl)C1CCS(=O)(=O)C1. The molecule has 0 amide bonds. The predicted octanol–water partition coefficient (Wildman–Crippen LogP) is 2.70. The van der Waals surface area contributed by atoms with Gasteiger partial charge in [-0.3, -0.25) is 4.68 Å². The van der Waals surface area contributed by atoms with Crippen molar-refractivity contribution in [3.63, 3.8) is 0 Å². The van der Waals surface area contributed by atoms with E-state index in [-0.39, 0.29) is 23.3 Å². The first-order chi connectivity index (χ1) is 9.38. The molecule has 4 nitrogen and oxygen atoms in total. The number of rotatable bonds is 5. The second-order valence-electron chi connectivity index (χ2n) is 5.44. The second-order valence-corrected chi connectivity index (χ2v) is 8.36. The monoisotopic (exact) mass is 338 g/mol. The first kappa shape index (κ1) is 16.1. The number of sulfone groups is 1. The number of alkyl halides is 1. The fourth-order valence-corrected chi connectivity index (χ4v) is 5.35. The summed E-state index contributed by atoms with van der Waals surface area (Å²) < 4.78 is 25.1. The summed E-state index contributed by atoms with van der Waals surface area (Å²) in [6, 6.07) is 0. The molecular formula is C13H20Cl2N2O2S. The molecule has 0 radical (unpaired) electrons. The fraction of sp³-hybridized carbons (Fsp3) is 0.769. The zero-order valence-electron chi connectivity index (χ0n) is 11.8. The molecule has 7 heteroatoms. The Morgan fingerprint density at radius 3 is 2.70 bits per heavy atom. The Bertz CT molecular complexity index is 583. The van der Waals surface area contributed by atoms with E-state index in [1.54, 1.807) is 0 Å². The van der Waals surface area contributed by atoms with Crippen LogP contribution in [0.4, 0.5) is 0 Å². The van der Waals surface area contributed by atoms with E-state index in [0.29, 0.717) is 23.7 Å². The molecule has 0 saturated carbocycles. The topological polar surface area (TPSA) is 52.0 Å². The van der Waals surface area contributed by atoms with Gasteiger partial charge in [0.15, 0.2) is 9.84 Å². The van der Waals surface area contributed by atoms with Crippen LogP contribution in [-0.4, -0.2) is 35.6 Å². The molecule has 1 fully saturated rings. The number of hydrogen-bond acceptors (Lipinski definition) is 3. The van der Waals surface area contributed by atoms with Crippen molar-refractivity contribution in [3.8, 4) is 0 Å². The Hall–Kier alpha value is -0.260. The van der Waals surface area contributed by atoms with Gasteiger partial charge in [0.2, 0.25) is 0 Å². The number of aryl methyl sites for hydroxylation is 2. The van der Waals surface area contributed by atoms with E-state index in [9.17, 15) is 8.42 Å². The lowest BCUT2D eigenvalue weighted by atomic mass is 9.89. The number of hydrogen-bond donors (Lipinski definition) is 0. The largest absolute Gasteiger partial charge is 0.268 e. The average molecular weight is 339 g/mol. The molecule has 0 bridgehead atoms. The van der Waals surface area contributed by atoms with Crippen LogP contribution in [-0.2, 0) is 22.8 Å². The fourth-order valence-electron chi connectivity index (χ4n) is 2.86. The lowest BCUT2D eigenvalue weighted by Crippen LogP contribution is -2.22. The molecule has 114 valence electrons. The second kappa shape index (κ2) is 6.24. The van der Waals surface area contributed by atoms with Gasteiger partial charge in [0, 0.05) is 12.4 Å². The summed E-state index contributed by atoms with van der Waals surface area (Å²) in [6.07, 6.45) is 1.40. The normalized spacial score (nSPS) is 23.1. The lowest BCUT2D eigenvalue weighted by Gasteiger charge is -2.20. The molecule has 2 heterocycles. The Labute approximate surface area is 130 Å². The number of nitrogens with zero attached hydrogens (tertiary/aromatic N) is 2. The highest BCUT2D eigenvalue weighted by Crippen LogP contribution is 2.32. The molecule has 1 aliphatic heterocycles. The highest BCUT2D eigenvalue weighted by atomic mass is 35.5. The van der Waals surface area contributed by atoms with Crippen LogP contribution >= 0.6 is 23.2 Å². The van der Waals surface area contributed by atoms with Gasteiger partial charge < -0.3 is 0 Å². The first-order valence-electron chi connectivity index (χ1n) is 6.86. The first-order valence-corrected chi connectivity index (χ1v) is 9.59. The van der Waals surface area contributed by atoms with Crippen molar-refractivity contribution in [2.75, 3.05) is 17.4 Å². The Morgan fingerprint density at radius 2 is 2.20 bits per heavy atom. The van der Waals surface area contributed by atoms with E-state index < -0.39 is 9.84 Å². The summed E-state index contributed by atoms with van der Waals surface area (Å²) in [5.41, 5.74) is 1.79. The van der Waals surface area contributed by atoms with Gasteiger partial charge in [-0.05, 0) is 38.5 Å². The molecule has 1 aliphatic rings.